The van der Waals surface area contributed by atoms with Crippen LogP contribution < -0.4 is 14.8 Å². The first kappa shape index (κ1) is 20.6. The highest BCUT2D eigenvalue weighted by atomic mass is 32.2. The number of hydrogen-bond donors (Lipinski definition) is 2. The molecule has 1 amide bonds. The molecule has 0 spiro atoms. The first-order valence-corrected chi connectivity index (χ1v) is 10.4. The molecular formula is C21H23N3O4S. The van der Waals surface area contributed by atoms with Crippen molar-refractivity contribution in [3.63, 3.8) is 0 Å². The predicted octanol–water partition coefficient (Wildman–Crippen LogP) is 2.46. The Balaban J connectivity index is 1.95. The second-order valence-corrected chi connectivity index (χ2v) is 8.36. The molecule has 1 heterocycles. The minimum atomic E-state index is -3.64. The molecule has 0 bridgehead atoms. The van der Waals surface area contributed by atoms with Crippen molar-refractivity contribution >= 4 is 15.9 Å². The monoisotopic (exact) mass is 413 g/mol. The molecule has 0 aliphatic rings. The lowest BCUT2D eigenvalue weighted by molar-refractivity contribution is 0.0934. The van der Waals surface area contributed by atoms with Crippen LogP contribution >= 0.6 is 0 Å². The fraction of sp³-hybridized carbons (Fsp3) is 0.190. The molecule has 8 heteroatoms. The summed E-state index contributed by atoms with van der Waals surface area (Å²) in [6, 6.07) is 17.9. The molecule has 0 aliphatic carbocycles. The van der Waals surface area contributed by atoms with Crippen LogP contribution in [0.3, 0.4) is 0 Å². The third-order valence-electron chi connectivity index (χ3n) is 4.65. The number of carbonyl (C=O) groups is 1. The molecule has 2 N–H and O–H groups in total. The molecule has 3 rings (SSSR count). The molecule has 0 fully saturated rings. The van der Waals surface area contributed by atoms with Gasteiger partial charge in [-0.25, -0.2) is 13.1 Å². The zero-order chi connectivity index (χ0) is 21.0. The van der Waals surface area contributed by atoms with E-state index in [0.29, 0.717) is 0 Å². The molecule has 29 heavy (non-hydrogen) atoms. The van der Waals surface area contributed by atoms with Crippen LogP contribution in [0.2, 0.25) is 0 Å². The Bertz CT molecular complexity index is 1090. The quantitative estimate of drug-likeness (QED) is 0.623. The topological polar surface area (TPSA) is 89.4 Å². The van der Waals surface area contributed by atoms with Crippen LogP contribution in [0, 0.1) is 0 Å². The Hall–Kier alpha value is -3.10. The minimum Gasteiger partial charge on any atom is -0.497 e. The summed E-state index contributed by atoms with van der Waals surface area (Å²) in [6.07, 6.45) is 1.41. The largest absolute Gasteiger partial charge is 0.497 e. The van der Waals surface area contributed by atoms with Gasteiger partial charge in [0.15, 0.2) is 0 Å². The van der Waals surface area contributed by atoms with Gasteiger partial charge in [-0.2, -0.15) is 0 Å². The third kappa shape index (κ3) is 4.49. The van der Waals surface area contributed by atoms with Crippen LogP contribution in [-0.4, -0.2) is 33.0 Å². The number of ether oxygens (including phenoxy) is 1. The number of nitrogens with zero attached hydrogens (tertiary/aromatic N) is 1. The average molecular weight is 413 g/mol. The van der Waals surface area contributed by atoms with Gasteiger partial charge in [0.2, 0.25) is 10.0 Å². The number of aromatic nitrogens is 1. The van der Waals surface area contributed by atoms with E-state index in [9.17, 15) is 13.2 Å². The lowest BCUT2D eigenvalue weighted by Crippen LogP contribution is -2.30. The van der Waals surface area contributed by atoms with Crippen molar-refractivity contribution in [2.45, 2.75) is 10.9 Å². The SMILES string of the molecule is CNS(=O)(=O)c1cc(C(=O)NC(c2ccccc2)c2ccc(OC)cc2)n(C)c1. The van der Waals surface area contributed by atoms with E-state index in [-0.39, 0.29) is 16.5 Å². The number of hydrogen-bond acceptors (Lipinski definition) is 4. The van der Waals surface area contributed by atoms with E-state index < -0.39 is 16.1 Å². The van der Waals surface area contributed by atoms with E-state index in [4.69, 9.17) is 4.74 Å². The van der Waals surface area contributed by atoms with Crippen molar-refractivity contribution in [2.24, 2.45) is 7.05 Å². The summed E-state index contributed by atoms with van der Waals surface area (Å²) in [5, 5.41) is 3.01. The van der Waals surface area contributed by atoms with Crippen molar-refractivity contribution in [1.82, 2.24) is 14.6 Å². The van der Waals surface area contributed by atoms with E-state index in [1.165, 1.54) is 23.9 Å². The van der Waals surface area contributed by atoms with E-state index in [0.717, 1.165) is 16.9 Å². The maximum absolute atomic E-state index is 13.0. The second-order valence-electron chi connectivity index (χ2n) is 6.47. The summed E-state index contributed by atoms with van der Waals surface area (Å²) in [7, 11) is 0.920. The van der Waals surface area contributed by atoms with Gasteiger partial charge in [0, 0.05) is 13.2 Å². The Morgan fingerprint density at radius 2 is 1.66 bits per heavy atom. The van der Waals surface area contributed by atoms with Crippen molar-refractivity contribution in [1.29, 1.82) is 0 Å². The molecule has 0 saturated heterocycles. The number of carbonyl (C=O) groups excluding carboxylic acids is 1. The molecule has 1 atom stereocenters. The highest BCUT2D eigenvalue weighted by Gasteiger charge is 2.22. The Kier molecular flexibility index (Phi) is 6.05. The maximum atomic E-state index is 13.0. The fourth-order valence-corrected chi connectivity index (χ4v) is 3.83. The minimum absolute atomic E-state index is 0.0355. The average Bonchev–Trinajstić information content (AvgIpc) is 3.15. The summed E-state index contributed by atoms with van der Waals surface area (Å²) in [4.78, 5) is 13.0. The molecule has 3 aromatic rings. The maximum Gasteiger partial charge on any atom is 0.268 e. The predicted molar refractivity (Wildman–Crippen MR) is 110 cm³/mol. The third-order valence-corrected chi connectivity index (χ3v) is 6.03. The van der Waals surface area contributed by atoms with Crippen LogP contribution in [0.1, 0.15) is 27.7 Å². The number of rotatable bonds is 7. The van der Waals surface area contributed by atoms with E-state index >= 15 is 0 Å². The number of nitrogens with one attached hydrogen (secondary N) is 2. The van der Waals surface area contributed by atoms with Crippen LogP contribution in [0.15, 0.2) is 71.8 Å². The zero-order valence-electron chi connectivity index (χ0n) is 16.4. The van der Waals surface area contributed by atoms with Gasteiger partial charge in [0.1, 0.15) is 16.3 Å². The Morgan fingerprint density at radius 1 is 1.03 bits per heavy atom. The summed E-state index contributed by atoms with van der Waals surface area (Å²) in [5.74, 6) is 0.339. The number of methoxy groups -OCH3 is 1. The van der Waals surface area contributed by atoms with Gasteiger partial charge in [-0.3, -0.25) is 4.79 Å². The number of sulfonamides is 1. The van der Waals surface area contributed by atoms with Crippen LogP contribution in [-0.2, 0) is 17.1 Å². The lowest BCUT2D eigenvalue weighted by atomic mass is 9.98. The van der Waals surface area contributed by atoms with Crippen molar-refractivity contribution < 1.29 is 17.9 Å². The Labute approximate surface area is 170 Å². The van der Waals surface area contributed by atoms with Gasteiger partial charge < -0.3 is 14.6 Å². The van der Waals surface area contributed by atoms with Crippen molar-refractivity contribution in [3.05, 3.63) is 83.7 Å². The van der Waals surface area contributed by atoms with Crippen LogP contribution in [0.5, 0.6) is 5.75 Å². The first-order chi connectivity index (χ1) is 13.9. The van der Waals surface area contributed by atoms with Crippen molar-refractivity contribution in [3.8, 4) is 5.75 Å². The van der Waals surface area contributed by atoms with Crippen LogP contribution in [0.4, 0.5) is 0 Å². The summed E-state index contributed by atoms with van der Waals surface area (Å²) >= 11 is 0. The summed E-state index contributed by atoms with van der Waals surface area (Å²) in [5.41, 5.74) is 2.03. The van der Waals surface area contributed by atoms with E-state index in [1.807, 2.05) is 54.6 Å². The molecule has 1 aromatic heterocycles. The molecule has 0 saturated carbocycles. The van der Waals surface area contributed by atoms with Crippen molar-refractivity contribution in [2.75, 3.05) is 14.2 Å². The molecule has 152 valence electrons. The van der Waals surface area contributed by atoms with Gasteiger partial charge >= 0.3 is 0 Å². The van der Waals surface area contributed by atoms with Gasteiger partial charge in [0.25, 0.3) is 5.91 Å². The lowest BCUT2D eigenvalue weighted by Gasteiger charge is -2.20. The Morgan fingerprint density at radius 3 is 2.24 bits per heavy atom. The molecule has 0 aliphatic heterocycles. The molecule has 0 radical (unpaired) electrons. The highest BCUT2D eigenvalue weighted by molar-refractivity contribution is 7.89. The van der Waals surface area contributed by atoms with E-state index in [2.05, 4.69) is 10.0 Å². The molecule has 7 nitrogen and oxygen atoms in total. The molecule has 2 aromatic carbocycles. The summed E-state index contributed by atoms with van der Waals surface area (Å²) in [6.45, 7) is 0. The van der Waals surface area contributed by atoms with Gasteiger partial charge in [0.05, 0.1) is 13.2 Å². The zero-order valence-corrected chi connectivity index (χ0v) is 17.2. The van der Waals surface area contributed by atoms with Gasteiger partial charge in [-0.15, -0.1) is 0 Å². The second kappa shape index (κ2) is 8.50. The smallest absolute Gasteiger partial charge is 0.268 e. The summed E-state index contributed by atoms with van der Waals surface area (Å²) < 4.78 is 33.1. The first-order valence-electron chi connectivity index (χ1n) is 8.95. The molecule has 1 unspecified atom stereocenters. The standard InChI is InChI=1S/C21H23N3O4S/c1-22-29(26,27)18-13-19(24(2)14-18)21(25)23-20(15-7-5-4-6-8-15)16-9-11-17(28-3)12-10-16/h4-14,20,22H,1-3H3,(H,23,25). The molecular weight excluding hydrogens is 390 g/mol. The van der Waals surface area contributed by atoms with Crippen LogP contribution in [0.25, 0.3) is 0 Å². The van der Waals surface area contributed by atoms with Gasteiger partial charge in [-0.1, -0.05) is 42.5 Å². The number of benzene rings is 2. The number of aryl methyl sites for hydroxylation is 1. The van der Waals surface area contributed by atoms with Gasteiger partial charge in [-0.05, 0) is 36.4 Å². The normalized spacial score (nSPS) is 12.4. The fourth-order valence-electron chi connectivity index (χ4n) is 3.03. The van der Waals surface area contributed by atoms with E-state index in [1.54, 1.807) is 14.2 Å². The number of amides is 1. The highest BCUT2D eigenvalue weighted by Crippen LogP contribution is 2.25.